The molecule has 0 saturated heterocycles. The number of primary amides is 1. The van der Waals surface area contributed by atoms with E-state index in [1.807, 2.05) is 0 Å². The van der Waals surface area contributed by atoms with E-state index >= 15 is 0 Å². The smallest absolute Gasteiger partial charge is 0.288 e. The SMILES string of the molecule is C/C=C\NC(=O)C1NC(=O)C(CC(N)=O)NC(=O)C(NC(=O)C(=O)C(C)CC)Cc2ccc(O)c(c2)-c2cccc3c2NC(=O)C3(O)C1O. The van der Waals surface area contributed by atoms with Crippen LogP contribution in [0.25, 0.3) is 11.1 Å². The van der Waals surface area contributed by atoms with Gasteiger partial charge in [0.1, 0.15) is 30.0 Å². The van der Waals surface area contributed by atoms with Crippen molar-refractivity contribution in [2.24, 2.45) is 11.7 Å². The maximum absolute atomic E-state index is 13.7. The lowest BCUT2D eigenvalue weighted by Gasteiger charge is -2.33. The zero-order valence-electron chi connectivity index (χ0n) is 26.9. The second-order valence-corrected chi connectivity index (χ2v) is 11.9. The maximum atomic E-state index is 13.7. The van der Waals surface area contributed by atoms with Crippen LogP contribution in [0.1, 0.15) is 44.7 Å². The summed E-state index contributed by atoms with van der Waals surface area (Å²) in [4.78, 5) is 91.8. The number of phenolic OH excluding ortho intramolecular Hbond substituents is 1. The van der Waals surface area contributed by atoms with E-state index in [9.17, 15) is 48.9 Å². The largest absolute Gasteiger partial charge is 0.507 e. The van der Waals surface area contributed by atoms with Gasteiger partial charge in [0, 0.05) is 29.0 Å². The molecule has 6 atom stereocenters. The molecule has 6 bridgehead atoms. The van der Waals surface area contributed by atoms with Gasteiger partial charge in [0.2, 0.25) is 29.4 Å². The molecule has 49 heavy (non-hydrogen) atoms. The lowest BCUT2D eigenvalue weighted by molar-refractivity contribution is -0.155. The first kappa shape index (κ1) is 36.2. The Bertz CT molecular complexity index is 1740. The average Bonchev–Trinajstić information content (AvgIpc) is 3.34. The van der Waals surface area contributed by atoms with Crippen molar-refractivity contribution in [3.8, 4) is 16.9 Å². The molecule has 2 aromatic rings. The lowest BCUT2D eigenvalue weighted by Crippen LogP contribution is -2.64. The van der Waals surface area contributed by atoms with Crippen molar-refractivity contribution in [2.45, 2.75) is 69.9 Å². The van der Waals surface area contributed by atoms with Gasteiger partial charge in [0.25, 0.3) is 11.8 Å². The van der Waals surface area contributed by atoms with E-state index in [1.54, 1.807) is 13.8 Å². The van der Waals surface area contributed by atoms with Crippen molar-refractivity contribution in [3.05, 3.63) is 59.8 Å². The number of hydrogen-bond donors (Lipinski definition) is 9. The van der Waals surface area contributed by atoms with E-state index in [0.29, 0.717) is 12.0 Å². The molecule has 0 saturated carbocycles. The number of aromatic hydroxyl groups is 1. The third-order valence-corrected chi connectivity index (χ3v) is 8.51. The number of nitrogens with one attached hydrogen (secondary N) is 5. The molecule has 0 aromatic heterocycles. The van der Waals surface area contributed by atoms with Crippen LogP contribution in [0.15, 0.2) is 48.7 Å². The fourth-order valence-corrected chi connectivity index (χ4v) is 5.58. The molecule has 260 valence electrons. The number of ketones is 1. The normalized spacial score (nSPS) is 24.3. The molecular formula is C33H38N6O10. The van der Waals surface area contributed by atoms with E-state index in [1.165, 1.54) is 49.4 Å². The third kappa shape index (κ3) is 7.29. The van der Waals surface area contributed by atoms with Gasteiger partial charge in [-0.1, -0.05) is 44.2 Å². The number of aliphatic hydroxyl groups excluding tert-OH is 1. The summed E-state index contributed by atoms with van der Waals surface area (Å²) >= 11 is 0. The lowest BCUT2D eigenvalue weighted by atomic mass is 9.83. The number of carbonyl (C=O) groups excluding carboxylic acids is 7. The number of phenols is 1. The van der Waals surface area contributed by atoms with Gasteiger partial charge in [-0.3, -0.25) is 33.6 Å². The fraction of sp³-hybridized carbons (Fsp3) is 0.364. The van der Waals surface area contributed by atoms with E-state index < -0.39 is 83.4 Å². The van der Waals surface area contributed by atoms with Gasteiger partial charge in [0.05, 0.1) is 12.1 Å². The van der Waals surface area contributed by atoms with Crippen molar-refractivity contribution in [3.63, 3.8) is 0 Å². The number of anilines is 1. The number of amides is 6. The first-order chi connectivity index (χ1) is 23.1. The minimum atomic E-state index is -2.83. The monoisotopic (exact) mass is 678 g/mol. The molecule has 10 N–H and O–H groups in total. The molecule has 0 spiro atoms. The molecule has 16 nitrogen and oxygen atoms in total. The molecule has 16 heteroatoms. The van der Waals surface area contributed by atoms with Crippen molar-refractivity contribution >= 4 is 46.9 Å². The summed E-state index contributed by atoms with van der Waals surface area (Å²) in [5.41, 5.74) is 2.95. The Morgan fingerprint density at radius 2 is 1.80 bits per heavy atom. The van der Waals surface area contributed by atoms with Crippen LogP contribution in [-0.2, 0) is 45.6 Å². The molecule has 0 fully saturated rings. The van der Waals surface area contributed by atoms with Crippen LogP contribution >= 0.6 is 0 Å². The molecular weight excluding hydrogens is 640 g/mol. The number of Topliss-reactive ketones (excluding diaryl/α,β-unsaturated/α-hetero) is 1. The van der Waals surface area contributed by atoms with Gasteiger partial charge in [-0.15, -0.1) is 0 Å². The number of benzene rings is 2. The number of aliphatic hydroxyl groups is 2. The number of carbonyl (C=O) groups is 7. The molecule has 2 aliphatic rings. The number of para-hydroxylation sites is 1. The van der Waals surface area contributed by atoms with Crippen molar-refractivity contribution in [1.29, 1.82) is 0 Å². The molecule has 4 rings (SSSR count). The first-order valence-corrected chi connectivity index (χ1v) is 15.5. The van der Waals surface area contributed by atoms with Crippen LogP contribution in [-0.4, -0.2) is 80.8 Å². The Hall–Kier alpha value is -5.61. The molecule has 6 amide bonds. The predicted molar refractivity (Wildman–Crippen MR) is 173 cm³/mol. The van der Waals surface area contributed by atoms with Crippen molar-refractivity contribution in [2.75, 3.05) is 5.32 Å². The van der Waals surface area contributed by atoms with E-state index in [2.05, 4.69) is 26.6 Å². The van der Waals surface area contributed by atoms with Gasteiger partial charge < -0.3 is 47.6 Å². The summed E-state index contributed by atoms with van der Waals surface area (Å²) in [6, 6.07) is 3.02. The van der Waals surface area contributed by atoms with Gasteiger partial charge >= 0.3 is 0 Å². The van der Waals surface area contributed by atoms with Gasteiger partial charge in [0.15, 0.2) is 5.60 Å². The Morgan fingerprint density at radius 1 is 1.08 bits per heavy atom. The average molecular weight is 679 g/mol. The Labute approximate surface area is 280 Å². The second kappa shape index (κ2) is 14.7. The van der Waals surface area contributed by atoms with Crippen LogP contribution in [0, 0.1) is 5.92 Å². The maximum Gasteiger partial charge on any atom is 0.288 e. The minimum Gasteiger partial charge on any atom is -0.507 e. The zero-order chi connectivity index (χ0) is 36.2. The second-order valence-electron chi connectivity index (χ2n) is 11.9. The third-order valence-electron chi connectivity index (χ3n) is 8.51. The standard InChI is InChI=1S/C33H38N6O10/c1-4-11-35-30(46)25-27(43)33(49)19-8-6-7-17(24(19)39-32(33)48)18-12-16(9-10-22(18)40)13-20(37-31(47)26(42)15(3)5-2)28(44)36-21(14-23(34)41)29(45)38-25/h4,6-12,15,20-21,25,27,40,43,49H,5,13-14H2,1-3H3,(H2,34,41)(H,35,46)(H,36,44)(H,37,47)(H,38,45)(H,39,48)/b11-4-. The Kier molecular flexibility index (Phi) is 10.8. The summed E-state index contributed by atoms with van der Waals surface area (Å²) in [6.07, 6.45) is -0.553. The highest BCUT2D eigenvalue weighted by molar-refractivity contribution is 6.37. The van der Waals surface area contributed by atoms with Crippen LogP contribution in [0.3, 0.4) is 0 Å². The number of rotatable bonds is 8. The van der Waals surface area contributed by atoms with Crippen molar-refractivity contribution in [1.82, 2.24) is 21.3 Å². The van der Waals surface area contributed by atoms with Crippen LogP contribution < -0.4 is 32.3 Å². The highest BCUT2D eigenvalue weighted by atomic mass is 16.4. The fourth-order valence-electron chi connectivity index (χ4n) is 5.58. The number of nitrogens with two attached hydrogens (primary N) is 1. The number of allylic oxidation sites excluding steroid dienone is 1. The highest BCUT2D eigenvalue weighted by Crippen LogP contribution is 2.46. The topological polar surface area (TPSA) is 266 Å². The summed E-state index contributed by atoms with van der Waals surface area (Å²) in [7, 11) is 0. The van der Waals surface area contributed by atoms with Crippen molar-refractivity contribution < 1.29 is 48.9 Å². The molecule has 0 aliphatic carbocycles. The summed E-state index contributed by atoms with van der Waals surface area (Å²) < 4.78 is 0. The summed E-state index contributed by atoms with van der Waals surface area (Å²) in [5, 5.41) is 46.0. The first-order valence-electron chi connectivity index (χ1n) is 15.5. The zero-order valence-corrected chi connectivity index (χ0v) is 26.9. The molecule has 6 unspecified atom stereocenters. The van der Waals surface area contributed by atoms with Crippen LogP contribution in [0.5, 0.6) is 5.75 Å². The van der Waals surface area contributed by atoms with Crippen LogP contribution in [0.2, 0.25) is 0 Å². The molecule has 2 aromatic carbocycles. The highest BCUT2D eigenvalue weighted by Gasteiger charge is 2.56. The van der Waals surface area contributed by atoms with Gasteiger partial charge in [-0.25, -0.2) is 0 Å². The predicted octanol–water partition coefficient (Wildman–Crippen LogP) is -1.29. The number of hydrogen-bond acceptors (Lipinski definition) is 10. The summed E-state index contributed by atoms with van der Waals surface area (Å²) in [6.45, 7) is 4.79. The molecule has 2 aliphatic heterocycles. The van der Waals surface area contributed by atoms with Gasteiger partial charge in [-0.05, 0) is 37.2 Å². The summed E-state index contributed by atoms with van der Waals surface area (Å²) in [5.74, 6) is -8.38. The van der Waals surface area contributed by atoms with E-state index in [-0.39, 0.29) is 34.5 Å². The van der Waals surface area contributed by atoms with E-state index in [0.717, 1.165) is 6.20 Å². The molecule has 2 heterocycles. The quantitative estimate of drug-likeness (QED) is 0.149. The Balaban J connectivity index is 1.93. The molecule has 0 radical (unpaired) electrons. The van der Waals surface area contributed by atoms with Crippen LogP contribution in [0.4, 0.5) is 5.69 Å². The van der Waals surface area contributed by atoms with Gasteiger partial charge in [-0.2, -0.15) is 0 Å². The number of fused-ring (bicyclic) bond motifs is 3. The Morgan fingerprint density at radius 3 is 2.45 bits per heavy atom. The minimum absolute atomic E-state index is 0.0270. The van der Waals surface area contributed by atoms with E-state index in [4.69, 9.17) is 5.73 Å².